The molecule has 0 saturated heterocycles. The third-order valence-corrected chi connectivity index (χ3v) is 4.69. The van der Waals surface area contributed by atoms with Crippen LogP contribution in [-0.2, 0) is 14.8 Å². The van der Waals surface area contributed by atoms with Crippen molar-refractivity contribution in [1.82, 2.24) is 4.31 Å². The molecule has 7 nitrogen and oxygen atoms in total. The van der Waals surface area contributed by atoms with Crippen molar-refractivity contribution in [2.24, 2.45) is 0 Å². The summed E-state index contributed by atoms with van der Waals surface area (Å²) >= 11 is 0. The van der Waals surface area contributed by atoms with Gasteiger partial charge in [0.2, 0.25) is 10.0 Å². The first-order valence-corrected chi connectivity index (χ1v) is 7.81. The van der Waals surface area contributed by atoms with Gasteiger partial charge in [0.05, 0.1) is 23.2 Å². The molecule has 0 heterocycles. The van der Waals surface area contributed by atoms with Crippen LogP contribution in [-0.4, -0.2) is 50.1 Å². The number of likely N-dealkylation sites (N-methyl/N-ethyl adjacent to an activating group) is 1. The molecule has 0 unspecified atom stereocenters. The lowest BCUT2D eigenvalue weighted by Crippen LogP contribution is -2.32. The summed E-state index contributed by atoms with van der Waals surface area (Å²) in [5.74, 6) is -1.34. The van der Waals surface area contributed by atoms with Gasteiger partial charge in [-0.25, -0.2) is 13.2 Å². The molecule has 0 amide bonds. The molecule has 8 heteroatoms. The second-order valence-electron chi connectivity index (χ2n) is 4.81. The zero-order valence-corrected chi connectivity index (χ0v) is 13.1. The van der Waals surface area contributed by atoms with Crippen LogP contribution >= 0.6 is 0 Å². The molecule has 0 aliphatic heterocycles. The molecule has 0 aliphatic carbocycles. The molecule has 118 valence electrons. The van der Waals surface area contributed by atoms with E-state index in [-0.39, 0.29) is 35.4 Å². The minimum absolute atomic E-state index is 0.00721. The van der Waals surface area contributed by atoms with Crippen molar-refractivity contribution >= 4 is 21.7 Å². The average molecular weight is 316 g/mol. The lowest BCUT2D eigenvalue weighted by atomic mass is 10.2. The first kappa shape index (κ1) is 17.4. The van der Waals surface area contributed by atoms with Gasteiger partial charge in [0, 0.05) is 19.3 Å². The number of carboxylic acid groups (broad SMARTS) is 1. The Morgan fingerprint density at radius 3 is 2.57 bits per heavy atom. The van der Waals surface area contributed by atoms with E-state index in [9.17, 15) is 13.2 Å². The van der Waals surface area contributed by atoms with Crippen LogP contribution in [0.1, 0.15) is 24.2 Å². The normalized spacial score (nSPS) is 12.0. The van der Waals surface area contributed by atoms with E-state index in [1.54, 1.807) is 0 Å². The molecule has 3 N–H and O–H groups in total. The van der Waals surface area contributed by atoms with E-state index < -0.39 is 16.0 Å². The molecule has 0 radical (unpaired) electrons. The zero-order valence-electron chi connectivity index (χ0n) is 12.2. The van der Waals surface area contributed by atoms with Gasteiger partial charge in [-0.05, 0) is 32.0 Å². The summed E-state index contributed by atoms with van der Waals surface area (Å²) in [5.41, 5.74) is 5.36. The van der Waals surface area contributed by atoms with E-state index in [0.717, 1.165) is 10.4 Å². The maximum Gasteiger partial charge on any atom is 0.337 e. The number of sulfonamides is 1. The maximum atomic E-state index is 12.4. The van der Waals surface area contributed by atoms with Crippen LogP contribution in [0.5, 0.6) is 0 Å². The van der Waals surface area contributed by atoms with E-state index in [2.05, 4.69) is 0 Å². The van der Waals surface area contributed by atoms with Crippen LogP contribution in [0.15, 0.2) is 23.1 Å². The van der Waals surface area contributed by atoms with Crippen LogP contribution in [0.2, 0.25) is 0 Å². The standard InChI is InChI=1S/C13H20N2O5S/c1-9(2)20-7-6-15(3)21(18,19)12-5-4-10(14)8-11(12)13(16)17/h4-5,8-9H,6-7,14H2,1-3H3,(H,16,17). The molecular formula is C13H20N2O5S. The largest absolute Gasteiger partial charge is 0.478 e. The van der Waals surface area contributed by atoms with Gasteiger partial charge in [-0.1, -0.05) is 0 Å². The highest BCUT2D eigenvalue weighted by molar-refractivity contribution is 7.89. The number of hydrogen-bond acceptors (Lipinski definition) is 5. The topological polar surface area (TPSA) is 110 Å². The molecule has 1 rings (SSSR count). The Kier molecular flexibility index (Phi) is 5.70. The number of nitrogen functional groups attached to an aromatic ring is 1. The van der Waals surface area contributed by atoms with Crippen molar-refractivity contribution in [2.45, 2.75) is 24.8 Å². The van der Waals surface area contributed by atoms with Crippen molar-refractivity contribution in [3.05, 3.63) is 23.8 Å². The molecule has 0 aromatic heterocycles. The van der Waals surface area contributed by atoms with E-state index in [1.807, 2.05) is 13.8 Å². The van der Waals surface area contributed by atoms with Gasteiger partial charge in [-0.3, -0.25) is 0 Å². The quantitative estimate of drug-likeness (QED) is 0.727. The van der Waals surface area contributed by atoms with Gasteiger partial charge < -0.3 is 15.6 Å². The lowest BCUT2D eigenvalue weighted by Gasteiger charge is -2.19. The number of nitrogens with two attached hydrogens (primary N) is 1. The van der Waals surface area contributed by atoms with Crippen LogP contribution in [0.25, 0.3) is 0 Å². The number of anilines is 1. The number of ether oxygens (including phenoxy) is 1. The fourth-order valence-corrected chi connectivity index (χ4v) is 2.96. The molecule has 0 saturated carbocycles. The molecule has 0 aliphatic rings. The predicted octanol–water partition coefficient (Wildman–Crippen LogP) is 1.01. The van der Waals surface area contributed by atoms with Gasteiger partial charge in [-0.2, -0.15) is 4.31 Å². The summed E-state index contributed by atoms with van der Waals surface area (Å²) in [7, 11) is -2.54. The van der Waals surface area contributed by atoms with Crippen molar-refractivity contribution in [2.75, 3.05) is 25.9 Å². The molecular weight excluding hydrogens is 296 g/mol. The minimum Gasteiger partial charge on any atom is -0.478 e. The third kappa shape index (κ3) is 4.42. The minimum atomic E-state index is -3.91. The highest BCUT2D eigenvalue weighted by Gasteiger charge is 2.26. The number of rotatable bonds is 7. The summed E-state index contributed by atoms with van der Waals surface area (Å²) < 4.78 is 31.2. The highest BCUT2D eigenvalue weighted by atomic mass is 32.2. The first-order chi connectivity index (χ1) is 9.66. The second kappa shape index (κ2) is 6.88. The Morgan fingerprint density at radius 2 is 2.05 bits per heavy atom. The molecule has 0 bridgehead atoms. The van der Waals surface area contributed by atoms with Crippen LogP contribution in [0.4, 0.5) is 5.69 Å². The van der Waals surface area contributed by atoms with Crippen molar-refractivity contribution in [3.8, 4) is 0 Å². The summed E-state index contributed by atoms with van der Waals surface area (Å²) in [6, 6.07) is 3.69. The fraction of sp³-hybridized carbons (Fsp3) is 0.462. The lowest BCUT2D eigenvalue weighted by molar-refractivity contribution is 0.0692. The molecule has 1 aromatic carbocycles. The van der Waals surface area contributed by atoms with E-state index in [1.165, 1.54) is 19.2 Å². The van der Waals surface area contributed by atoms with Gasteiger partial charge in [0.1, 0.15) is 0 Å². The summed E-state index contributed by atoms with van der Waals surface area (Å²) in [6.45, 7) is 4.04. The number of carboxylic acids is 1. The van der Waals surface area contributed by atoms with Gasteiger partial charge in [0.15, 0.2) is 0 Å². The Balaban J connectivity index is 3.05. The smallest absolute Gasteiger partial charge is 0.337 e. The molecule has 21 heavy (non-hydrogen) atoms. The number of benzene rings is 1. The Labute approximate surface area is 124 Å². The number of carbonyl (C=O) groups is 1. The fourth-order valence-electron chi connectivity index (χ4n) is 1.64. The van der Waals surface area contributed by atoms with Crippen molar-refractivity contribution in [3.63, 3.8) is 0 Å². The summed E-state index contributed by atoms with van der Waals surface area (Å²) in [4.78, 5) is 10.9. The van der Waals surface area contributed by atoms with Gasteiger partial charge >= 0.3 is 5.97 Å². The highest BCUT2D eigenvalue weighted by Crippen LogP contribution is 2.22. The summed E-state index contributed by atoms with van der Waals surface area (Å²) in [5, 5.41) is 9.12. The molecule has 0 fully saturated rings. The van der Waals surface area contributed by atoms with E-state index >= 15 is 0 Å². The maximum absolute atomic E-state index is 12.4. The number of aromatic carboxylic acids is 1. The molecule has 0 spiro atoms. The van der Waals surface area contributed by atoms with Crippen LogP contribution in [0.3, 0.4) is 0 Å². The van der Waals surface area contributed by atoms with Crippen molar-refractivity contribution in [1.29, 1.82) is 0 Å². The monoisotopic (exact) mass is 316 g/mol. The summed E-state index contributed by atoms with van der Waals surface area (Å²) in [6.07, 6.45) is -0.00721. The van der Waals surface area contributed by atoms with Crippen molar-refractivity contribution < 1.29 is 23.1 Å². The third-order valence-electron chi connectivity index (χ3n) is 2.78. The second-order valence-corrected chi connectivity index (χ2v) is 6.82. The molecule has 1 aromatic rings. The first-order valence-electron chi connectivity index (χ1n) is 6.37. The van der Waals surface area contributed by atoms with Crippen LogP contribution in [0, 0.1) is 0 Å². The Bertz CT molecular complexity index is 613. The number of nitrogens with zero attached hydrogens (tertiary/aromatic N) is 1. The number of hydrogen-bond donors (Lipinski definition) is 2. The van der Waals surface area contributed by atoms with Gasteiger partial charge in [0.25, 0.3) is 0 Å². The van der Waals surface area contributed by atoms with Crippen LogP contribution < -0.4 is 5.73 Å². The Morgan fingerprint density at radius 1 is 1.43 bits per heavy atom. The Hall–Kier alpha value is -1.64. The SMILES string of the molecule is CC(C)OCCN(C)S(=O)(=O)c1ccc(N)cc1C(=O)O. The van der Waals surface area contributed by atoms with Gasteiger partial charge in [-0.15, -0.1) is 0 Å². The van der Waals surface area contributed by atoms with E-state index in [0.29, 0.717) is 0 Å². The average Bonchev–Trinajstić information content (AvgIpc) is 2.37. The van der Waals surface area contributed by atoms with E-state index in [4.69, 9.17) is 15.6 Å². The zero-order chi connectivity index (χ0) is 16.2. The predicted molar refractivity (Wildman–Crippen MR) is 78.7 cm³/mol. The molecule has 0 atom stereocenters.